The second kappa shape index (κ2) is 7.90. The lowest BCUT2D eigenvalue weighted by atomic mass is 10.1. The Hall–Kier alpha value is -1.93. The summed E-state index contributed by atoms with van der Waals surface area (Å²) in [6.45, 7) is 3.85. The zero-order chi connectivity index (χ0) is 16.8. The van der Waals surface area contributed by atoms with Crippen LogP contribution in [0.2, 0.25) is 0 Å². The van der Waals surface area contributed by atoms with Crippen molar-refractivity contribution < 1.29 is 23.1 Å². The summed E-state index contributed by atoms with van der Waals surface area (Å²) in [6, 6.07) is 6.83. The molecule has 0 spiro atoms. The van der Waals surface area contributed by atoms with Crippen LogP contribution in [-0.4, -0.2) is 48.5 Å². The third kappa shape index (κ3) is 4.81. The number of nitrogens with zero attached hydrogens (tertiary/aromatic N) is 1. The normalized spacial score (nSPS) is 12.9. The molecular formula is C14H20N2O5S. The average molecular weight is 328 g/mol. The van der Waals surface area contributed by atoms with Crippen LogP contribution in [0, 0.1) is 0 Å². The largest absolute Gasteiger partial charge is 0.479 e. The predicted octanol–water partition coefficient (Wildman–Crippen LogP) is 0.600. The van der Waals surface area contributed by atoms with Gasteiger partial charge >= 0.3 is 5.97 Å². The second-order valence-corrected chi connectivity index (χ2v) is 6.56. The number of amides is 1. The third-order valence-corrected chi connectivity index (χ3v) is 5.03. The molecule has 22 heavy (non-hydrogen) atoms. The Labute approximate surface area is 130 Å². The van der Waals surface area contributed by atoms with Crippen LogP contribution >= 0.6 is 0 Å². The van der Waals surface area contributed by atoms with E-state index in [1.807, 2.05) is 0 Å². The van der Waals surface area contributed by atoms with Crippen molar-refractivity contribution in [2.45, 2.75) is 19.9 Å². The number of carboxylic acid groups (broad SMARTS) is 1. The first-order chi connectivity index (χ1) is 10.3. The number of hydrogen-bond acceptors (Lipinski definition) is 4. The van der Waals surface area contributed by atoms with Gasteiger partial charge < -0.3 is 10.4 Å². The van der Waals surface area contributed by atoms with Crippen molar-refractivity contribution in [2.75, 3.05) is 18.8 Å². The van der Waals surface area contributed by atoms with Crippen LogP contribution in [0.4, 0.5) is 0 Å². The van der Waals surface area contributed by atoms with Crippen LogP contribution in [-0.2, 0) is 19.6 Å². The summed E-state index contributed by atoms with van der Waals surface area (Å²) in [4.78, 5) is 23.2. The molecule has 0 saturated carbocycles. The van der Waals surface area contributed by atoms with Crippen molar-refractivity contribution in [1.29, 1.82) is 0 Å². The van der Waals surface area contributed by atoms with Crippen molar-refractivity contribution in [2.24, 2.45) is 0 Å². The zero-order valence-electron chi connectivity index (χ0n) is 12.5. The summed E-state index contributed by atoms with van der Waals surface area (Å²) in [6.07, 6.45) is 0. The summed E-state index contributed by atoms with van der Waals surface area (Å²) in [5.41, 5.74) is 0.378. The molecule has 1 aromatic rings. The molecule has 2 N–H and O–H groups in total. The molecule has 8 heteroatoms. The monoisotopic (exact) mass is 328 g/mol. The first kappa shape index (κ1) is 18.1. The Bertz CT molecular complexity index is 611. The van der Waals surface area contributed by atoms with E-state index >= 15 is 0 Å². The van der Waals surface area contributed by atoms with Crippen LogP contribution < -0.4 is 5.32 Å². The predicted molar refractivity (Wildman–Crippen MR) is 81.7 cm³/mol. The molecule has 122 valence electrons. The summed E-state index contributed by atoms with van der Waals surface area (Å²) < 4.78 is 25.2. The van der Waals surface area contributed by atoms with Crippen LogP contribution in [0.1, 0.15) is 25.5 Å². The Kier molecular flexibility index (Phi) is 6.51. The molecule has 0 saturated heterocycles. The molecule has 1 aromatic carbocycles. The molecule has 0 aliphatic rings. The number of benzene rings is 1. The van der Waals surface area contributed by atoms with Gasteiger partial charge in [0.15, 0.2) is 6.04 Å². The number of rotatable bonds is 8. The van der Waals surface area contributed by atoms with Gasteiger partial charge in [-0.25, -0.2) is 17.5 Å². The maximum atomic E-state index is 12.0. The molecule has 0 heterocycles. The minimum absolute atomic E-state index is 0.257. The molecule has 0 fully saturated rings. The summed E-state index contributed by atoms with van der Waals surface area (Å²) in [5, 5.41) is 11.4. The maximum absolute atomic E-state index is 12.0. The highest BCUT2D eigenvalue weighted by Crippen LogP contribution is 2.13. The van der Waals surface area contributed by atoms with Gasteiger partial charge in [0.1, 0.15) is 5.75 Å². The van der Waals surface area contributed by atoms with E-state index in [9.17, 15) is 23.1 Å². The van der Waals surface area contributed by atoms with Crippen molar-refractivity contribution in [3.8, 4) is 0 Å². The van der Waals surface area contributed by atoms with E-state index in [4.69, 9.17) is 0 Å². The van der Waals surface area contributed by atoms with E-state index in [1.54, 1.807) is 44.2 Å². The number of nitrogens with one attached hydrogen (secondary N) is 1. The molecule has 0 aliphatic heterocycles. The smallest absolute Gasteiger partial charge is 0.330 e. The van der Waals surface area contributed by atoms with E-state index in [0.717, 1.165) is 4.31 Å². The molecular weight excluding hydrogens is 308 g/mol. The molecule has 7 nitrogen and oxygen atoms in total. The van der Waals surface area contributed by atoms with Crippen molar-refractivity contribution >= 4 is 21.9 Å². The maximum Gasteiger partial charge on any atom is 0.330 e. The summed E-state index contributed by atoms with van der Waals surface area (Å²) in [5.74, 6) is -2.87. The van der Waals surface area contributed by atoms with Crippen LogP contribution in [0.25, 0.3) is 0 Å². The number of aliphatic carboxylic acids is 1. The fourth-order valence-corrected chi connectivity index (χ4v) is 3.39. The molecule has 0 unspecified atom stereocenters. The molecule has 0 aromatic heterocycles. The lowest BCUT2D eigenvalue weighted by Crippen LogP contribution is -2.42. The summed E-state index contributed by atoms with van der Waals surface area (Å²) >= 11 is 0. The van der Waals surface area contributed by atoms with Gasteiger partial charge in [-0.15, -0.1) is 0 Å². The van der Waals surface area contributed by atoms with E-state index in [-0.39, 0.29) is 13.1 Å². The van der Waals surface area contributed by atoms with Crippen LogP contribution in [0.15, 0.2) is 30.3 Å². The average Bonchev–Trinajstić information content (AvgIpc) is 2.45. The molecule has 1 amide bonds. The van der Waals surface area contributed by atoms with E-state index in [0.29, 0.717) is 5.56 Å². The minimum Gasteiger partial charge on any atom is -0.479 e. The molecule has 1 rings (SSSR count). The SMILES string of the molecule is CCN(CC)S(=O)(=O)CC(=O)N[C@H](C(=O)O)c1ccccc1. The summed E-state index contributed by atoms with van der Waals surface area (Å²) in [7, 11) is -3.75. The number of hydrogen-bond donors (Lipinski definition) is 2. The number of carbonyl (C=O) groups excluding carboxylic acids is 1. The first-order valence-corrected chi connectivity index (χ1v) is 8.47. The van der Waals surface area contributed by atoms with Crippen LogP contribution in [0.3, 0.4) is 0 Å². The fraction of sp³-hybridized carbons (Fsp3) is 0.429. The second-order valence-electron chi connectivity index (χ2n) is 4.59. The number of carbonyl (C=O) groups is 2. The minimum atomic E-state index is -3.75. The Morgan fingerprint density at radius 1 is 1.18 bits per heavy atom. The van der Waals surface area contributed by atoms with Crippen LogP contribution in [0.5, 0.6) is 0 Å². The Morgan fingerprint density at radius 2 is 1.73 bits per heavy atom. The Morgan fingerprint density at radius 3 is 2.18 bits per heavy atom. The van der Waals surface area contributed by atoms with Crippen molar-refractivity contribution in [3.05, 3.63) is 35.9 Å². The lowest BCUT2D eigenvalue weighted by Gasteiger charge is -2.19. The van der Waals surface area contributed by atoms with Crippen molar-refractivity contribution in [1.82, 2.24) is 9.62 Å². The van der Waals surface area contributed by atoms with E-state index < -0.39 is 33.7 Å². The van der Waals surface area contributed by atoms with Gasteiger partial charge in [-0.1, -0.05) is 44.2 Å². The van der Waals surface area contributed by atoms with Gasteiger partial charge in [-0.2, -0.15) is 0 Å². The number of sulfonamides is 1. The fourth-order valence-electron chi connectivity index (χ4n) is 2.01. The molecule has 0 aliphatic carbocycles. The Balaban J connectivity index is 2.84. The van der Waals surface area contributed by atoms with Gasteiger partial charge in [0.2, 0.25) is 15.9 Å². The van der Waals surface area contributed by atoms with Crippen molar-refractivity contribution in [3.63, 3.8) is 0 Å². The lowest BCUT2D eigenvalue weighted by molar-refractivity contribution is -0.141. The van der Waals surface area contributed by atoms with Gasteiger partial charge in [0.25, 0.3) is 0 Å². The van der Waals surface area contributed by atoms with Gasteiger partial charge in [0.05, 0.1) is 0 Å². The quantitative estimate of drug-likeness (QED) is 0.727. The highest BCUT2D eigenvalue weighted by molar-refractivity contribution is 7.89. The molecule has 0 bridgehead atoms. The first-order valence-electron chi connectivity index (χ1n) is 6.86. The zero-order valence-corrected chi connectivity index (χ0v) is 13.3. The van der Waals surface area contributed by atoms with Gasteiger partial charge in [-0.05, 0) is 5.56 Å². The standard InChI is InChI=1S/C14H20N2O5S/c1-3-16(4-2)22(20,21)10-12(17)15-13(14(18)19)11-8-6-5-7-9-11/h5-9,13H,3-4,10H2,1-2H3,(H,15,17)(H,18,19)/t13-/m0/s1. The van der Waals surface area contributed by atoms with Gasteiger partial charge in [-0.3, -0.25) is 4.79 Å². The van der Waals surface area contributed by atoms with E-state index in [1.165, 1.54) is 0 Å². The van der Waals surface area contributed by atoms with E-state index in [2.05, 4.69) is 5.32 Å². The highest BCUT2D eigenvalue weighted by atomic mass is 32.2. The number of carboxylic acids is 1. The highest BCUT2D eigenvalue weighted by Gasteiger charge is 2.27. The third-order valence-electron chi connectivity index (χ3n) is 3.10. The molecule has 0 radical (unpaired) electrons. The topological polar surface area (TPSA) is 104 Å². The van der Waals surface area contributed by atoms with Gasteiger partial charge in [0, 0.05) is 13.1 Å². The molecule has 1 atom stereocenters.